The minimum atomic E-state index is -0.484. The lowest BCUT2D eigenvalue weighted by Crippen LogP contribution is -1.98. The summed E-state index contributed by atoms with van der Waals surface area (Å²) in [6.45, 7) is 7.49. The van der Waals surface area contributed by atoms with Crippen LogP contribution in [-0.4, -0.2) is 21.9 Å². The number of aliphatic hydroxyl groups is 1. The molecular formula is C13H17FN2O2. The van der Waals surface area contributed by atoms with Crippen LogP contribution in [0.3, 0.4) is 0 Å². The van der Waals surface area contributed by atoms with Gasteiger partial charge >= 0.3 is 0 Å². The number of ether oxygens (including phenoxy) is 1. The second-order valence-electron chi connectivity index (χ2n) is 3.26. The molecule has 5 heteroatoms. The number of hydrogen-bond acceptors (Lipinski definition) is 3. The van der Waals surface area contributed by atoms with Gasteiger partial charge in [-0.15, -0.1) is 0 Å². The van der Waals surface area contributed by atoms with E-state index < -0.39 is 5.82 Å². The van der Waals surface area contributed by atoms with Gasteiger partial charge in [-0.1, -0.05) is 26.5 Å². The van der Waals surface area contributed by atoms with E-state index in [2.05, 4.69) is 16.8 Å². The highest BCUT2D eigenvalue weighted by Crippen LogP contribution is 2.28. The van der Waals surface area contributed by atoms with Crippen molar-refractivity contribution in [3.63, 3.8) is 0 Å². The van der Waals surface area contributed by atoms with E-state index in [-0.39, 0.29) is 19.0 Å². The van der Waals surface area contributed by atoms with Gasteiger partial charge in [-0.05, 0) is 6.07 Å². The first-order valence-corrected chi connectivity index (χ1v) is 5.77. The first-order chi connectivity index (χ1) is 8.77. The van der Waals surface area contributed by atoms with Crippen LogP contribution >= 0.6 is 0 Å². The number of hydrogen-bond donors (Lipinski definition) is 2. The van der Waals surface area contributed by atoms with E-state index >= 15 is 0 Å². The molecule has 2 N–H and O–H groups in total. The van der Waals surface area contributed by atoms with Crippen LogP contribution in [0.2, 0.25) is 0 Å². The van der Waals surface area contributed by atoms with Crippen LogP contribution in [0.15, 0.2) is 24.9 Å². The second-order valence-corrected chi connectivity index (χ2v) is 3.26. The number of aliphatic hydroxyl groups excluding tert-OH is 1. The summed E-state index contributed by atoms with van der Waals surface area (Å²) in [7, 11) is 0. The molecule has 0 atom stereocenters. The molecule has 0 aliphatic carbocycles. The van der Waals surface area contributed by atoms with Gasteiger partial charge in [0.2, 0.25) is 0 Å². The van der Waals surface area contributed by atoms with Crippen molar-refractivity contribution >= 4 is 10.9 Å². The molecule has 98 valence electrons. The Morgan fingerprint density at radius 2 is 2.28 bits per heavy atom. The summed E-state index contributed by atoms with van der Waals surface area (Å²) in [5.74, 6) is -0.388. The van der Waals surface area contributed by atoms with Crippen LogP contribution < -0.4 is 4.74 Å². The third-order valence-corrected chi connectivity index (χ3v) is 2.25. The number of nitrogens with zero attached hydrogens (tertiary/aromatic N) is 1. The Balaban J connectivity index is 0.000000771. The third-order valence-electron chi connectivity index (χ3n) is 2.25. The molecule has 0 spiro atoms. The average Bonchev–Trinajstić information content (AvgIpc) is 2.90. The topological polar surface area (TPSA) is 58.1 Å². The van der Waals surface area contributed by atoms with Gasteiger partial charge in [0.15, 0.2) is 11.6 Å². The molecule has 0 bridgehead atoms. The van der Waals surface area contributed by atoms with Crippen molar-refractivity contribution in [2.75, 3.05) is 6.61 Å². The Morgan fingerprint density at radius 3 is 2.89 bits per heavy atom. The largest absolute Gasteiger partial charge is 0.486 e. The molecule has 2 rings (SSSR count). The lowest BCUT2D eigenvalue weighted by atomic mass is 10.1. The smallest absolute Gasteiger partial charge is 0.176 e. The van der Waals surface area contributed by atoms with E-state index in [0.29, 0.717) is 16.5 Å². The first-order valence-electron chi connectivity index (χ1n) is 5.77. The molecule has 1 heterocycles. The summed E-state index contributed by atoms with van der Waals surface area (Å²) < 4.78 is 19.0. The van der Waals surface area contributed by atoms with Gasteiger partial charge in [-0.2, -0.15) is 5.10 Å². The lowest BCUT2D eigenvalue weighted by Gasteiger charge is -2.07. The van der Waals surface area contributed by atoms with Gasteiger partial charge in [0.25, 0.3) is 0 Å². The molecule has 0 saturated heterocycles. The summed E-state index contributed by atoms with van der Waals surface area (Å²) >= 11 is 0. The molecule has 2 aromatic rings. The Labute approximate surface area is 105 Å². The monoisotopic (exact) mass is 252 g/mol. The number of aromatic nitrogens is 2. The molecule has 1 aromatic heterocycles. The van der Waals surface area contributed by atoms with Crippen molar-refractivity contribution in [1.82, 2.24) is 10.2 Å². The summed E-state index contributed by atoms with van der Waals surface area (Å²) in [6, 6.07) is 1.46. The van der Waals surface area contributed by atoms with Gasteiger partial charge in [0, 0.05) is 5.56 Å². The summed E-state index contributed by atoms with van der Waals surface area (Å²) in [6.07, 6.45) is 2.89. The van der Waals surface area contributed by atoms with Crippen molar-refractivity contribution in [2.24, 2.45) is 0 Å². The van der Waals surface area contributed by atoms with Crippen LogP contribution in [0.1, 0.15) is 19.4 Å². The van der Waals surface area contributed by atoms with Crippen LogP contribution in [0.25, 0.3) is 10.9 Å². The van der Waals surface area contributed by atoms with Gasteiger partial charge < -0.3 is 9.84 Å². The van der Waals surface area contributed by atoms with E-state index in [9.17, 15) is 4.39 Å². The number of halogens is 1. The summed E-state index contributed by atoms with van der Waals surface area (Å²) in [5, 5.41) is 15.8. The number of H-pyrrole nitrogens is 1. The fourth-order valence-electron chi connectivity index (χ4n) is 1.50. The van der Waals surface area contributed by atoms with Gasteiger partial charge in [-0.25, -0.2) is 4.39 Å². The van der Waals surface area contributed by atoms with Crippen molar-refractivity contribution in [3.05, 3.63) is 36.3 Å². The zero-order valence-corrected chi connectivity index (χ0v) is 10.5. The van der Waals surface area contributed by atoms with Crippen LogP contribution in [0.5, 0.6) is 5.75 Å². The fraction of sp³-hybridized carbons (Fsp3) is 0.308. The van der Waals surface area contributed by atoms with E-state index in [1.165, 1.54) is 18.3 Å². The number of rotatable bonds is 4. The van der Waals surface area contributed by atoms with Crippen LogP contribution in [0, 0.1) is 5.82 Å². The Hall–Kier alpha value is -1.88. The van der Waals surface area contributed by atoms with E-state index in [4.69, 9.17) is 9.84 Å². The predicted octanol–water partition coefficient (Wildman–Crippen LogP) is 2.79. The highest BCUT2D eigenvalue weighted by molar-refractivity contribution is 5.83. The van der Waals surface area contributed by atoms with E-state index in [0.717, 1.165) is 0 Å². The zero-order chi connectivity index (χ0) is 13.5. The Bertz CT molecular complexity index is 523. The molecular weight excluding hydrogens is 235 g/mol. The van der Waals surface area contributed by atoms with Crippen molar-refractivity contribution in [1.29, 1.82) is 0 Å². The van der Waals surface area contributed by atoms with Crippen molar-refractivity contribution < 1.29 is 14.2 Å². The highest BCUT2D eigenvalue weighted by atomic mass is 19.1. The number of benzene rings is 1. The Morgan fingerprint density at radius 1 is 1.56 bits per heavy atom. The quantitative estimate of drug-likeness (QED) is 0.823. The van der Waals surface area contributed by atoms with E-state index in [1.54, 1.807) is 0 Å². The van der Waals surface area contributed by atoms with E-state index in [1.807, 2.05) is 13.8 Å². The normalized spacial score (nSPS) is 9.78. The van der Waals surface area contributed by atoms with Gasteiger partial charge in [-0.3, -0.25) is 5.10 Å². The summed E-state index contributed by atoms with van der Waals surface area (Å²) in [5.41, 5.74) is 1.04. The molecule has 0 saturated carbocycles. The number of aromatic amines is 1. The molecule has 0 unspecified atom stereocenters. The molecule has 18 heavy (non-hydrogen) atoms. The first kappa shape index (κ1) is 14.2. The zero-order valence-electron chi connectivity index (χ0n) is 10.5. The maximum absolute atomic E-state index is 13.8. The fourth-order valence-corrected chi connectivity index (χ4v) is 1.50. The van der Waals surface area contributed by atoms with Crippen molar-refractivity contribution in [3.8, 4) is 5.75 Å². The van der Waals surface area contributed by atoms with Crippen molar-refractivity contribution in [2.45, 2.75) is 20.5 Å². The SMILES string of the molecule is C=CCOc1cc(CO)c2[nH]ncc2c1F.CC. The molecule has 0 aliphatic heterocycles. The Kier molecular flexibility index (Phi) is 5.32. The van der Waals surface area contributed by atoms with Crippen LogP contribution in [-0.2, 0) is 6.61 Å². The highest BCUT2D eigenvalue weighted by Gasteiger charge is 2.13. The maximum atomic E-state index is 13.8. The third kappa shape index (κ3) is 2.68. The van der Waals surface area contributed by atoms with Gasteiger partial charge in [0.05, 0.1) is 23.7 Å². The molecule has 1 aromatic carbocycles. The summed E-state index contributed by atoms with van der Waals surface area (Å²) in [4.78, 5) is 0. The molecule has 0 radical (unpaired) electrons. The van der Waals surface area contributed by atoms with Crippen LogP contribution in [0.4, 0.5) is 4.39 Å². The molecule has 0 fully saturated rings. The number of nitrogens with one attached hydrogen (secondary N) is 1. The minimum absolute atomic E-state index is 0.0952. The standard InChI is InChI=1S/C11H11FN2O2.C2H6/c1-2-3-16-9-4-7(6-15)11-8(10(9)12)5-13-14-11;1-2/h2,4-5,15H,1,3,6H2,(H,13,14);1-2H3. The minimum Gasteiger partial charge on any atom is -0.486 e. The second kappa shape index (κ2) is 6.76. The maximum Gasteiger partial charge on any atom is 0.176 e. The molecule has 4 nitrogen and oxygen atoms in total. The predicted molar refractivity (Wildman–Crippen MR) is 69.0 cm³/mol. The lowest BCUT2D eigenvalue weighted by molar-refractivity contribution is 0.281. The van der Waals surface area contributed by atoms with Gasteiger partial charge in [0.1, 0.15) is 6.61 Å². The molecule has 0 amide bonds. The number of fused-ring (bicyclic) bond motifs is 1. The average molecular weight is 252 g/mol. The molecule has 0 aliphatic rings.